The van der Waals surface area contributed by atoms with Gasteiger partial charge in [0.05, 0.1) is 26.3 Å². The Balaban J connectivity index is 2.20. The molecule has 1 aliphatic rings. The number of hydrogen-bond donors (Lipinski definition) is 1. The summed E-state index contributed by atoms with van der Waals surface area (Å²) < 4.78 is 36.6. The largest absolute Gasteiger partial charge is 0.468 e. The molecule has 160 valence electrons. The molecule has 0 amide bonds. The summed E-state index contributed by atoms with van der Waals surface area (Å²) in [4.78, 5) is 25.1. The van der Waals surface area contributed by atoms with E-state index in [0.717, 1.165) is 14.2 Å². The monoisotopic (exact) mass is 471 g/mol. The fourth-order valence-electron chi connectivity index (χ4n) is 3.56. The number of esters is 2. The van der Waals surface area contributed by atoms with E-state index < -0.39 is 44.4 Å². The molecule has 1 fully saturated rings. The van der Waals surface area contributed by atoms with Crippen LogP contribution in [0, 0.1) is 0 Å². The quantitative estimate of drug-likeness (QED) is 0.684. The van der Waals surface area contributed by atoms with E-state index in [2.05, 4.69) is 5.32 Å². The number of nitrogens with one attached hydrogen (secondary N) is 1. The Bertz CT molecular complexity index is 962. The fraction of sp³-hybridized carbons (Fsp3) is 0.300. The van der Waals surface area contributed by atoms with E-state index in [-0.39, 0.29) is 0 Å². The summed E-state index contributed by atoms with van der Waals surface area (Å²) in [5.74, 6) is -1.96. The molecule has 30 heavy (non-hydrogen) atoms. The van der Waals surface area contributed by atoms with Gasteiger partial charge < -0.3 is 9.47 Å². The van der Waals surface area contributed by atoms with Crippen LogP contribution in [0.25, 0.3) is 0 Å². The lowest BCUT2D eigenvalue weighted by Gasteiger charge is -2.40. The van der Waals surface area contributed by atoms with E-state index in [9.17, 15) is 18.0 Å². The highest BCUT2D eigenvalue weighted by atomic mass is 35.5. The number of carbonyl (C=O) groups excluding carboxylic acids is 2. The van der Waals surface area contributed by atoms with E-state index in [4.69, 9.17) is 32.7 Å². The van der Waals surface area contributed by atoms with E-state index >= 15 is 0 Å². The van der Waals surface area contributed by atoms with Crippen LogP contribution in [0.5, 0.6) is 0 Å². The summed E-state index contributed by atoms with van der Waals surface area (Å²) in [5.41, 5.74) is 1.00. The maximum Gasteiger partial charge on any atom is 0.326 e. The van der Waals surface area contributed by atoms with Gasteiger partial charge >= 0.3 is 11.9 Å². The summed E-state index contributed by atoms with van der Waals surface area (Å²) >= 11 is 11.9. The number of hydrogen-bond acceptors (Lipinski definition) is 7. The minimum absolute atomic E-state index is 0.453. The Hall–Kier alpha value is -2.13. The fourth-order valence-corrected chi connectivity index (χ4v) is 6.09. The van der Waals surface area contributed by atoms with Gasteiger partial charge in [-0.15, -0.1) is 0 Å². The Morgan fingerprint density at radius 1 is 0.767 bits per heavy atom. The lowest BCUT2D eigenvalue weighted by Crippen LogP contribution is -2.59. The smallest absolute Gasteiger partial charge is 0.326 e. The molecule has 7 nitrogen and oxygen atoms in total. The maximum absolute atomic E-state index is 13.5. The molecule has 2 aromatic rings. The van der Waals surface area contributed by atoms with Crippen molar-refractivity contribution >= 4 is 45.0 Å². The van der Waals surface area contributed by atoms with Crippen molar-refractivity contribution in [3.8, 4) is 0 Å². The summed E-state index contributed by atoms with van der Waals surface area (Å²) in [6, 6.07) is 10.8. The molecule has 0 unspecified atom stereocenters. The van der Waals surface area contributed by atoms with Crippen LogP contribution in [0.2, 0.25) is 10.0 Å². The van der Waals surface area contributed by atoms with Crippen molar-refractivity contribution in [1.82, 2.24) is 5.32 Å². The van der Waals surface area contributed by atoms with Crippen LogP contribution in [-0.2, 0) is 28.9 Å². The predicted octanol–water partition coefficient (Wildman–Crippen LogP) is 2.88. The van der Waals surface area contributed by atoms with Crippen LogP contribution in [0.3, 0.4) is 0 Å². The minimum Gasteiger partial charge on any atom is -0.468 e. The number of sulfone groups is 1. The van der Waals surface area contributed by atoms with Gasteiger partial charge in [0.1, 0.15) is 0 Å². The van der Waals surface area contributed by atoms with Gasteiger partial charge in [0.15, 0.2) is 20.3 Å². The Morgan fingerprint density at radius 3 is 1.40 bits per heavy atom. The molecule has 1 heterocycles. The van der Waals surface area contributed by atoms with Crippen molar-refractivity contribution in [3.63, 3.8) is 0 Å². The number of ether oxygens (including phenoxy) is 2. The maximum atomic E-state index is 13.5. The lowest BCUT2D eigenvalue weighted by atomic mass is 9.96. The van der Waals surface area contributed by atoms with Gasteiger partial charge in [-0.3, -0.25) is 14.9 Å². The molecular weight excluding hydrogens is 453 g/mol. The van der Waals surface area contributed by atoms with Crippen molar-refractivity contribution in [1.29, 1.82) is 0 Å². The van der Waals surface area contributed by atoms with Crippen molar-refractivity contribution in [2.24, 2.45) is 0 Å². The van der Waals surface area contributed by atoms with Crippen molar-refractivity contribution in [2.75, 3.05) is 14.2 Å². The number of halogens is 2. The number of methoxy groups -OCH3 is 2. The molecule has 3 rings (SSSR count). The molecule has 0 bridgehead atoms. The van der Waals surface area contributed by atoms with Gasteiger partial charge in [0.25, 0.3) is 0 Å². The van der Waals surface area contributed by atoms with E-state index in [1.165, 1.54) is 0 Å². The molecule has 1 N–H and O–H groups in total. The third-order valence-electron chi connectivity index (χ3n) is 5.00. The summed E-state index contributed by atoms with van der Waals surface area (Å²) in [5, 5.41) is 0.737. The molecule has 0 radical (unpaired) electrons. The highest BCUT2D eigenvalue weighted by molar-refractivity contribution is 7.94. The van der Waals surface area contributed by atoms with Gasteiger partial charge in [-0.05, 0) is 35.4 Å². The third kappa shape index (κ3) is 4.18. The van der Waals surface area contributed by atoms with E-state index in [1.807, 2.05) is 0 Å². The first-order valence-corrected chi connectivity index (χ1v) is 11.2. The third-order valence-corrected chi connectivity index (χ3v) is 7.85. The minimum atomic E-state index is -4.38. The highest BCUT2D eigenvalue weighted by Crippen LogP contribution is 2.39. The van der Waals surface area contributed by atoms with Crippen LogP contribution in [-0.4, -0.2) is 45.1 Å². The molecule has 0 spiro atoms. The molecule has 1 aliphatic heterocycles. The average molecular weight is 472 g/mol. The Kier molecular flexibility index (Phi) is 6.71. The number of benzene rings is 2. The molecule has 10 heteroatoms. The lowest BCUT2D eigenvalue weighted by molar-refractivity contribution is -0.142. The van der Waals surface area contributed by atoms with E-state index in [1.54, 1.807) is 48.5 Å². The summed E-state index contributed by atoms with van der Waals surface area (Å²) in [7, 11) is -2.19. The molecule has 0 aromatic heterocycles. The molecule has 0 saturated carbocycles. The van der Waals surface area contributed by atoms with Gasteiger partial charge in [-0.2, -0.15) is 0 Å². The van der Waals surface area contributed by atoms with Gasteiger partial charge in [-0.1, -0.05) is 47.5 Å². The molecule has 2 aromatic carbocycles. The summed E-state index contributed by atoms with van der Waals surface area (Å²) in [6.07, 6.45) is 0. The second-order valence-electron chi connectivity index (χ2n) is 6.70. The van der Waals surface area contributed by atoms with Crippen molar-refractivity contribution < 1.29 is 27.5 Å². The zero-order valence-electron chi connectivity index (χ0n) is 16.0. The second-order valence-corrected chi connectivity index (χ2v) is 9.77. The topological polar surface area (TPSA) is 98.8 Å². The first kappa shape index (κ1) is 22.6. The Labute approximate surface area is 184 Å². The molecule has 4 atom stereocenters. The zero-order chi connectivity index (χ0) is 22.1. The number of carbonyl (C=O) groups is 2. The first-order chi connectivity index (χ1) is 14.2. The van der Waals surface area contributed by atoms with Crippen LogP contribution >= 0.6 is 23.2 Å². The van der Waals surface area contributed by atoms with Crippen molar-refractivity contribution in [3.05, 3.63) is 69.7 Å². The summed E-state index contributed by atoms with van der Waals surface area (Å²) in [6.45, 7) is 0. The van der Waals surface area contributed by atoms with Crippen LogP contribution in [0.15, 0.2) is 48.5 Å². The molecule has 1 saturated heterocycles. The average Bonchev–Trinajstić information content (AvgIpc) is 2.72. The van der Waals surface area contributed by atoms with Gasteiger partial charge in [-0.25, -0.2) is 8.42 Å². The molecular formula is C20H19Cl2NO6S. The standard InChI is InChI=1S/C20H19Cl2NO6S/c1-28-19(24)17-15(11-3-7-13(21)8-4-11)23-16(12-5-9-14(22)10-6-12)18(20(25)29-2)30(17,26)27/h3-10,15-18,23H,1-2H3/t15-,16-,17-,18-/m0/s1. The van der Waals surface area contributed by atoms with E-state index in [0.29, 0.717) is 21.2 Å². The second kappa shape index (κ2) is 8.93. The molecule has 0 aliphatic carbocycles. The van der Waals surface area contributed by atoms with Crippen LogP contribution < -0.4 is 5.32 Å². The van der Waals surface area contributed by atoms with Crippen LogP contribution in [0.4, 0.5) is 0 Å². The zero-order valence-corrected chi connectivity index (χ0v) is 18.4. The van der Waals surface area contributed by atoms with Gasteiger partial charge in [0.2, 0.25) is 0 Å². The normalized spacial score (nSPS) is 25.3. The number of rotatable bonds is 4. The van der Waals surface area contributed by atoms with Crippen molar-refractivity contribution in [2.45, 2.75) is 22.6 Å². The highest BCUT2D eigenvalue weighted by Gasteiger charge is 2.56. The SMILES string of the molecule is COC(=O)[C@@H]1[C@H](c2ccc(Cl)cc2)N[C@@H](c2ccc(Cl)cc2)[C@@H](C(=O)OC)S1(=O)=O. The predicted molar refractivity (Wildman–Crippen MR) is 112 cm³/mol. The first-order valence-electron chi connectivity index (χ1n) is 8.86. The van der Waals surface area contributed by atoms with Gasteiger partial charge in [0, 0.05) is 10.0 Å². The van der Waals surface area contributed by atoms with Crippen LogP contribution in [0.1, 0.15) is 23.2 Å². The Morgan fingerprint density at radius 2 is 1.10 bits per heavy atom.